The summed E-state index contributed by atoms with van der Waals surface area (Å²) in [5.41, 5.74) is -0.191. The molecule has 0 aliphatic carbocycles. The molecule has 0 spiro atoms. The molecule has 0 radical (unpaired) electrons. The maximum Gasteiger partial charge on any atom is 0.586 e. The van der Waals surface area contributed by atoms with E-state index in [1.807, 2.05) is 0 Å². The largest absolute Gasteiger partial charge is 0.586 e. The zero-order valence-corrected chi connectivity index (χ0v) is 11.9. The van der Waals surface area contributed by atoms with Crippen LogP contribution >= 0.6 is 0 Å². The van der Waals surface area contributed by atoms with Crippen LogP contribution in [0.15, 0.2) is 18.2 Å². The molecule has 0 aromatic heterocycles. The van der Waals surface area contributed by atoms with E-state index in [4.69, 9.17) is 9.47 Å². The van der Waals surface area contributed by atoms with E-state index in [9.17, 15) is 23.2 Å². The molecule has 0 saturated carbocycles. The van der Waals surface area contributed by atoms with Crippen LogP contribution in [0.4, 0.5) is 8.78 Å². The van der Waals surface area contributed by atoms with Crippen molar-refractivity contribution in [3.8, 4) is 11.5 Å². The van der Waals surface area contributed by atoms with Crippen LogP contribution in [0.5, 0.6) is 11.5 Å². The molecule has 0 unspecified atom stereocenters. The number of carbonyl (C=O) groups is 3. The first-order valence-corrected chi connectivity index (χ1v) is 6.48. The van der Waals surface area contributed by atoms with E-state index < -0.39 is 35.7 Å². The Bertz CT molecular complexity index is 707. The Balaban J connectivity index is 0.00000208. The van der Waals surface area contributed by atoms with E-state index in [0.29, 0.717) is 0 Å². The number of ether oxygens (including phenoxy) is 4. The fourth-order valence-corrected chi connectivity index (χ4v) is 2.20. The van der Waals surface area contributed by atoms with Crippen LogP contribution in [0.1, 0.15) is 31.6 Å². The molecule has 24 heavy (non-hydrogen) atoms. The van der Waals surface area contributed by atoms with Crippen molar-refractivity contribution in [1.82, 2.24) is 0 Å². The number of ketones is 1. The van der Waals surface area contributed by atoms with Crippen molar-refractivity contribution < 1.29 is 42.1 Å². The second-order valence-electron chi connectivity index (χ2n) is 5.37. The number of benzene rings is 1. The number of hydrogen-bond acceptors (Lipinski definition) is 7. The van der Waals surface area contributed by atoms with Gasteiger partial charge in [0.2, 0.25) is 5.92 Å². The Morgan fingerprint density at radius 2 is 1.54 bits per heavy atom. The summed E-state index contributed by atoms with van der Waals surface area (Å²) in [7, 11) is 0. The lowest BCUT2D eigenvalue weighted by molar-refractivity contribution is -0.286. The van der Waals surface area contributed by atoms with E-state index in [1.54, 1.807) is 0 Å². The molecule has 7 nitrogen and oxygen atoms in total. The summed E-state index contributed by atoms with van der Waals surface area (Å²) < 4.78 is 44.0. The van der Waals surface area contributed by atoms with Crippen LogP contribution in [0.3, 0.4) is 0 Å². The smallest absolute Gasteiger partial charge is 0.422 e. The van der Waals surface area contributed by atoms with Gasteiger partial charge in [0.25, 0.3) is 5.79 Å². The SMILES string of the molecule is C.CC1(C)OC(=O)C(C(=O)c2ccc3c(c2)OC(F)(F)O3)C(=O)O1. The van der Waals surface area contributed by atoms with Gasteiger partial charge < -0.3 is 18.9 Å². The average Bonchev–Trinajstić information content (AvgIpc) is 2.68. The average molecular weight is 344 g/mol. The lowest BCUT2D eigenvalue weighted by Crippen LogP contribution is -2.49. The van der Waals surface area contributed by atoms with Crippen molar-refractivity contribution in [2.45, 2.75) is 33.4 Å². The molecular formula is C15H14F2O7. The molecule has 0 amide bonds. The normalized spacial score (nSPS) is 20.7. The van der Waals surface area contributed by atoms with Crippen molar-refractivity contribution in [3.05, 3.63) is 23.8 Å². The summed E-state index contributed by atoms with van der Waals surface area (Å²) >= 11 is 0. The topological polar surface area (TPSA) is 88.1 Å². The van der Waals surface area contributed by atoms with Crippen molar-refractivity contribution >= 4 is 17.7 Å². The molecule has 2 heterocycles. The molecule has 1 aromatic rings. The summed E-state index contributed by atoms with van der Waals surface area (Å²) in [5.74, 6) is -7.01. The minimum Gasteiger partial charge on any atom is -0.422 e. The van der Waals surface area contributed by atoms with Gasteiger partial charge in [0.1, 0.15) is 0 Å². The zero-order chi connectivity index (χ0) is 17.0. The fourth-order valence-electron chi connectivity index (χ4n) is 2.20. The third-order valence-corrected chi connectivity index (χ3v) is 3.11. The quantitative estimate of drug-likeness (QED) is 0.462. The first kappa shape index (κ1) is 17.6. The predicted octanol–water partition coefficient (Wildman–Crippen LogP) is 2.28. The molecule has 1 saturated heterocycles. The number of rotatable bonds is 2. The van der Waals surface area contributed by atoms with Crippen molar-refractivity contribution in [2.75, 3.05) is 0 Å². The second-order valence-corrected chi connectivity index (χ2v) is 5.37. The molecule has 0 N–H and O–H groups in total. The maximum atomic E-state index is 13.0. The van der Waals surface area contributed by atoms with Gasteiger partial charge in [-0.25, -0.2) is 0 Å². The summed E-state index contributed by atoms with van der Waals surface area (Å²) in [6, 6.07) is 3.16. The number of esters is 2. The Morgan fingerprint density at radius 3 is 2.12 bits per heavy atom. The van der Waals surface area contributed by atoms with Gasteiger partial charge in [0.15, 0.2) is 17.3 Å². The maximum absolute atomic E-state index is 13.0. The molecule has 130 valence electrons. The van der Waals surface area contributed by atoms with Gasteiger partial charge in [0.05, 0.1) is 0 Å². The van der Waals surface area contributed by atoms with Gasteiger partial charge in [-0.05, 0) is 18.2 Å². The van der Waals surface area contributed by atoms with Crippen LogP contribution in [0.25, 0.3) is 0 Å². The first-order valence-electron chi connectivity index (χ1n) is 6.48. The standard InChI is InChI=1S/C14H10F2O7.CH4/c1-13(2)22-11(18)9(12(19)23-13)10(17)6-3-4-7-8(5-6)21-14(15,16)20-7;/h3-5,9H,1-2H3;1H4. The van der Waals surface area contributed by atoms with Crippen LogP contribution < -0.4 is 9.47 Å². The van der Waals surface area contributed by atoms with E-state index >= 15 is 0 Å². The van der Waals surface area contributed by atoms with Crippen LogP contribution in [0.2, 0.25) is 0 Å². The van der Waals surface area contributed by atoms with Crippen molar-refractivity contribution in [3.63, 3.8) is 0 Å². The van der Waals surface area contributed by atoms with E-state index in [2.05, 4.69) is 9.47 Å². The molecular weight excluding hydrogens is 330 g/mol. The predicted molar refractivity (Wildman–Crippen MR) is 73.5 cm³/mol. The lowest BCUT2D eigenvalue weighted by Gasteiger charge is -2.32. The Kier molecular flexibility index (Phi) is 3.99. The van der Waals surface area contributed by atoms with Gasteiger partial charge in [-0.3, -0.25) is 14.4 Å². The molecule has 3 rings (SSSR count). The van der Waals surface area contributed by atoms with Gasteiger partial charge in [-0.1, -0.05) is 7.43 Å². The molecule has 9 heteroatoms. The first-order chi connectivity index (χ1) is 10.6. The zero-order valence-electron chi connectivity index (χ0n) is 11.9. The third-order valence-electron chi connectivity index (χ3n) is 3.11. The van der Waals surface area contributed by atoms with Gasteiger partial charge in [0, 0.05) is 19.4 Å². The summed E-state index contributed by atoms with van der Waals surface area (Å²) in [5, 5.41) is 0. The monoisotopic (exact) mass is 344 g/mol. The number of cyclic esters (lactones) is 2. The van der Waals surface area contributed by atoms with Gasteiger partial charge >= 0.3 is 18.2 Å². The number of fused-ring (bicyclic) bond motifs is 1. The van der Waals surface area contributed by atoms with E-state index in [0.717, 1.165) is 18.2 Å². The van der Waals surface area contributed by atoms with E-state index in [-0.39, 0.29) is 24.5 Å². The molecule has 1 aromatic carbocycles. The number of hydrogen-bond donors (Lipinski definition) is 0. The highest BCUT2D eigenvalue weighted by atomic mass is 19.3. The van der Waals surface area contributed by atoms with E-state index in [1.165, 1.54) is 13.8 Å². The highest BCUT2D eigenvalue weighted by molar-refractivity contribution is 6.21. The van der Waals surface area contributed by atoms with Crippen molar-refractivity contribution in [2.24, 2.45) is 5.92 Å². The molecule has 2 aliphatic rings. The molecule has 0 atom stereocenters. The third kappa shape index (κ3) is 3.01. The molecule has 1 fully saturated rings. The molecule has 2 aliphatic heterocycles. The number of alkyl halides is 2. The summed E-state index contributed by atoms with van der Waals surface area (Å²) in [4.78, 5) is 36.0. The lowest BCUT2D eigenvalue weighted by atomic mass is 9.96. The van der Waals surface area contributed by atoms with Crippen LogP contribution in [0, 0.1) is 5.92 Å². The highest BCUT2D eigenvalue weighted by Crippen LogP contribution is 2.41. The Hall–Kier alpha value is -2.71. The number of carbonyl (C=O) groups excluding carboxylic acids is 3. The molecule has 0 bridgehead atoms. The number of halogens is 2. The van der Waals surface area contributed by atoms with Gasteiger partial charge in [-0.15, -0.1) is 8.78 Å². The summed E-state index contributed by atoms with van der Waals surface area (Å²) in [6.07, 6.45) is -3.84. The van der Waals surface area contributed by atoms with Crippen molar-refractivity contribution in [1.29, 1.82) is 0 Å². The number of Topliss-reactive ketones (excluding diaryl/α,β-unsaturated/α-hetero) is 1. The second kappa shape index (κ2) is 5.43. The van der Waals surface area contributed by atoms with Crippen LogP contribution in [-0.4, -0.2) is 29.8 Å². The van der Waals surface area contributed by atoms with Crippen LogP contribution in [-0.2, 0) is 19.1 Å². The Labute approximate surface area is 135 Å². The fraction of sp³-hybridized carbons (Fsp3) is 0.400. The minimum atomic E-state index is -3.84. The minimum absolute atomic E-state index is 0. The Morgan fingerprint density at radius 1 is 1.00 bits per heavy atom. The highest BCUT2D eigenvalue weighted by Gasteiger charge is 2.48. The van der Waals surface area contributed by atoms with Gasteiger partial charge in [-0.2, -0.15) is 0 Å². The summed E-state index contributed by atoms with van der Waals surface area (Å²) in [6.45, 7) is 2.68.